The van der Waals surface area contributed by atoms with Gasteiger partial charge in [-0.05, 0) is 81.6 Å². The zero-order chi connectivity index (χ0) is 28.1. The van der Waals surface area contributed by atoms with Gasteiger partial charge in [0.2, 0.25) is 0 Å². The van der Waals surface area contributed by atoms with Crippen LogP contribution in [0.2, 0.25) is 0 Å². The van der Waals surface area contributed by atoms with Gasteiger partial charge < -0.3 is 9.88 Å². The normalized spacial score (nSPS) is 12.2. The Bertz CT molecular complexity index is 1740. The number of benzene rings is 5. The van der Waals surface area contributed by atoms with Crippen LogP contribution in [0.1, 0.15) is 52.7 Å². The van der Waals surface area contributed by atoms with Crippen LogP contribution in [0.15, 0.2) is 115 Å². The summed E-state index contributed by atoms with van der Waals surface area (Å²) >= 11 is 0. The zero-order valence-electron chi connectivity index (χ0n) is 24.4. The van der Waals surface area contributed by atoms with Crippen LogP contribution >= 0.6 is 0 Å². The van der Waals surface area contributed by atoms with Crippen molar-refractivity contribution >= 4 is 33.2 Å². The molecule has 0 aliphatic rings. The molecule has 0 saturated carbocycles. The van der Waals surface area contributed by atoms with Crippen molar-refractivity contribution in [3.8, 4) is 16.8 Å². The molecule has 0 amide bonds. The molecular formula is C38H38N2. The lowest BCUT2D eigenvalue weighted by molar-refractivity contribution is 0.590. The summed E-state index contributed by atoms with van der Waals surface area (Å²) in [6, 6.07) is 41.8. The highest BCUT2D eigenvalue weighted by Crippen LogP contribution is 2.39. The van der Waals surface area contributed by atoms with E-state index in [1.165, 1.54) is 44.1 Å². The van der Waals surface area contributed by atoms with Crippen molar-refractivity contribution in [3.63, 3.8) is 0 Å². The lowest BCUT2D eigenvalue weighted by Gasteiger charge is -2.19. The highest BCUT2D eigenvalue weighted by atomic mass is 15.0. The predicted octanol–water partition coefficient (Wildman–Crippen LogP) is 10.8. The maximum atomic E-state index is 3.72. The fourth-order valence-electron chi connectivity index (χ4n) is 5.52. The number of hydrogen-bond acceptors (Lipinski definition) is 1. The van der Waals surface area contributed by atoms with Crippen LogP contribution < -0.4 is 5.32 Å². The molecule has 200 valence electrons. The minimum absolute atomic E-state index is 0.0790. The maximum absolute atomic E-state index is 3.72. The fourth-order valence-corrected chi connectivity index (χ4v) is 5.52. The van der Waals surface area contributed by atoms with Crippen LogP contribution in [0, 0.1) is 0 Å². The van der Waals surface area contributed by atoms with Gasteiger partial charge in [0.05, 0.1) is 22.4 Å². The van der Waals surface area contributed by atoms with Gasteiger partial charge in [-0.2, -0.15) is 0 Å². The summed E-state index contributed by atoms with van der Waals surface area (Å²) in [6.45, 7) is 13.7. The minimum atomic E-state index is 0.0790. The molecule has 2 nitrogen and oxygen atoms in total. The van der Waals surface area contributed by atoms with Crippen LogP contribution in [0.3, 0.4) is 0 Å². The first kappa shape index (κ1) is 26.0. The Hall–Kier alpha value is -4.30. The number of fused-ring (bicyclic) bond motifs is 3. The molecule has 5 aromatic carbocycles. The van der Waals surface area contributed by atoms with Gasteiger partial charge in [0.25, 0.3) is 0 Å². The van der Waals surface area contributed by atoms with E-state index in [1.807, 2.05) is 0 Å². The molecule has 40 heavy (non-hydrogen) atoms. The third-order valence-electron chi connectivity index (χ3n) is 7.91. The second-order valence-corrected chi connectivity index (χ2v) is 12.9. The molecule has 0 aliphatic carbocycles. The third kappa shape index (κ3) is 4.79. The third-order valence-corrected chi connectivity index (χ3v) is 7.91. The smallest absolute Gasteiger partial charge is 0.0697 e. The minimum Gasteiger partial charge on any atom is -0.354 e. The summed E-state index contributed by atoms with van der Waals surface area (Å²) in [5, 5.41) is 6.32. The largest absolute Gasteiger partial charge is 0.354 e. The molecule has 6 aromatic rings. The standard InChI is InChI=1S/C38H38N2/c1-37(2,3)28-18-22-34-31(24-28)32-25-29(38(4,5)6)19-23-35(32)40(34)36-15-11-10-14-33(36)39-30-20-16-27(17-21-30)26-12-8-7-9-13-26/h7-25,39H,1-6H3. The lowest BCUT2D eigenvalue weighted by Crippen LogP contribution is -2.10. The number of aromatic nitrogens is 1. The number of hydrogen-bond donors (Lipinski definition) is 1. The van der Waals surface area contributed by atoms with Crippen molar-refractivity contribution in [1.29, 1.82) is 0 Å². The van der Waals surface area contributed by atoms with Crippen molar-refractivity contribution in [2.75, 3.05) is 5.32 Å². The van der Waals surface area contributed by atoms with Crippen LogP contribution in [0.5, 0.6) is 0 Å². The van der Waals surface area contributed by atoms with E-state index in [2.05, 4.69) is 167 Å². The summed E-state index contributed by atoms with van der Waals surface area (Å²) in [6.07, 6.45) is 0. The summed E-state index contributed by atoms with van der Waals surface area (Å²) < 4.78 is 2.42. The number of anilines is 2. The molecule has 0 atom stereocenters. The Morgan fingerprint density at radius 1 is 0.500 bits per heavy atom. The first-order valence-electron chi connectivity index (χ1n) is 14.2. The van der Waals surface area contributed by atoms with Gasteiger partial charge in [0, 0.05) is 16.5 Å². The van der Waals surface area contributed by atoms with E-state index in [4.69, 9.17) is 0 Å². The van der Waals surface area contributed by atoms with E-state index in [-0.39, 0.29) is 10.8 Å². The summed E-state index contributed by atoms with van der Waals surface area (Å²) in [5.41, 5.74) is 11.0. The Balaban J connectivity index is 1.50. The van der Waals surface area contributed by atoms with Gasteiger partial charge in [0.1, 0.15) is 0 Å². The molecule has 2 heteroatoms. The molecule has 1 N–H and O–H groups in total. The van der Waals surface area contributed by atoms with Crippen LogP contribution in [0.25, 0.3) is 38.6 Å². The fraction of sp³-hybridized carbons (Fsp3) is 0.211. The van der Waals surface area contributed by atoms with Crippen molar-refractivity contribution < 1.29 is 0 Å². The molecular weight excluding hydrogens is 484 g/mol. The van der Waals surface area contributed by atoms with E-state index in [9.17, 15) is 0 Å². The number of nitrogens with zero attached hydrogens (tertiary/aromatic N) is 1. The summed E-state index contributed by atoms with van der Waals surface area (Å²) in [5.74, 6) is 0. The SMILES string of the molecule is CC(C)(C)c1ccc2c(c1)c1cc(C(C)(C)C)ccc1n2-c1ccccc1Nc1ccc(-c2ccccc2)cc1. The molecule has 0 bridgehead atoms. The van der Waals surface area contributed by atoms with E-state index in [0.29, 0.717) is 0 Å². The average Bonchev–Trinajstić information content (AvgIpc) is 3.26. The molecule has 0 saturated heterocycles. The molecule has 1 heterocycles. The molecule has 0 aliphatic heterocycles. The summed E-state index contributed by atoms with van der Waals surface area (Å²) in [7, 11) is 0. The monoisotopic (exact) mass is 522 g/mol. The lowest BCUT2D eigenvalue weighted by atomic mass is 9.85. The highest BCUT2D eigenvalue weighted by Gasteiger charge is 2.21. The topological polar surface area (TPSA) is 17.0 Å². The van der Waals surface area contributed by atoms with E-state index < -0.39 is 0 Å². The maximum Gasteiger partial charge on any atom is 0.0697 e. The van der Waals surface area contributed by atoms with Crippen LogP contribution in [-0.4, -0.2) is 4.57 Å². The van der Waals surface area contributed by atoms with Crippen molar-refractivity contribution in [1.82, 2.24) is 4.57 Å². The first-order chi connectivity index (χ1) is 19.1. The Morgan fingerprint density at radius 3 is 1.55 bits per heavy atom. The van der Waals surface area contributed by atoms with E-state index >= 15 is 0 Å². The van der Waals surface area contributed by atoms with Crippen LogP contribution in [0.4, 0.5) is 11.4 Å². The van der Waals surface area contributed by atoms with Crippen molar-refractivity contribution in [2.45, 2.75) is 52.4 Å². The average molecular weight is 523 g/mol. The molecule has 0 radical (unpaired) electrons. The first-order valence-corrected chi connectivity index (χ1v) is 14.2. The van der Waals surface area contributed by atoms with Gasteiger partial charge in [-0.15, -0.1) is 0 Å². The van der Waals surface area contributed by atoms with Gasteiger partial charge in [0.15, 0.2) is 0 Å². The van der Waals surface area contributed by atoms with Crippen molar-refractivity contribution in [3.05, 3.63) is 126 Å². The second kappa shape index (κ2) is 9.71. The number of rotatable bonds is 4. The van der Waals surface area contributed by atoms with Gasteiger partial charge in [-0.3, -0.25) is 0 Å². The highest BCUT2D eigenvalue weighted by molar-refractivity contribution is 6.10. The van der Waals surface area contributed by atoms with Gasteiger partial charge in [-0.1, -0.05) is 108 Å². The molecule has 6 rings (SSSR count). The van der Waals surface area contributed by atoms with Gasteiger partial charge >= 0.3 is 0 Å². The predicted molar refractivity (Wildman–Crippen MR) is 173 cm³/mol. The molecule has 0 unspecified atom stereocenters. The quantitative estimate of drug-likeness (QED) is 0.244. The van der Waals surface area contributed by atoms with E-state index in [0.717, 1.165) is 17.1 Å². The van der Waals surface area contributed by atoms with Crippen molar-refractivity contribution in [2.24, 2.45) is 0 Å². The van der Waals surface area contributed by atoms with E-state index in [1.54, 1.807) is 0 Å². The molecule has 1 aromatic heterocycles. The van der Waals surface area contributed by atoms with Crippen LogP contribution in [-0.2, 0) is 10.8 Å². The Labute approximate surface area is 238 Å². The summed E-state index contributed by atoms with van der Waals surface area (Å²) in [4.78, 5) is 0. The number of nitrogens with one attached hydrogen (secondary N) is 1. The zero-order valence-corrected chi connectivity index (χ0v) is 24.4. The molecule has 0 fully saturated rings. The second-order valence-electron chi connectivity index (χ2n) is 12.9. The Kier molecular flexibility index (Phi) is 6.30. The molecule has 0 spiro atoms. The number of para-hydroxylation sites is 2. The van der Waals surface area contributed by atoms with Gasteiger partial charge in [-0.25, -0.2) is 0 Å². The Morgan fingerprint density at radius 2 is 1.00 bits per heavy atom.